The van der Waals surface area contributed by atoms with Gasteiger partial charge in [0, 0.05) is 18.7 Å². The molecule has 3 nitrogen and oxygen atoms in total. The average molecular weight is 263 g/mol. The van der Waals surface area contributed by atoms with Crippen LogP contribution in [0.1, 0.15) is 44.2 Å². The number of para-hydroxylation sites is 1. The van der Waals surface area contributed by atoms with Gasteiger partial charge in [-0.05, 0) is 24.3 Å². The molecular formula is C16H25NO2. The maximum Gasteiger partial charge on any atom is 0.124 e. The first kappa shape index (κ1) is 14.4. The summed E-state index contributed by atoms with van der Waals surface area (Å²) in [6, 6.07) is 8.18. The van der Waals surface area contributed by atoms with Gasteiger partial charge in [0.15, 0.2) is 0 Å². The highest BCUT2D eigenvalue weighted by Crippen LogP contribution is 2.47. The Kier molecular flexibility index (Phi) is 4.83. The molecule has 2 rings (SSSR count). The van der Waals surface area contributed by atoms with Crippen molar-refractivity contribution in [2.45, 2.75) is 38.6 Å². The molecule has 19 heavy (non-hydrogen) atoms. The van der Waals surface area contributed by atoms with E-state index in [0.29, 0.717) is 13.2 Å². The van der Waals surface area contributed by atoms with Gasteiger partial charge in [-0.15, -0.1) is 0 Å². The highest BCUT2D eigenvalue weighted by atomic mass is 16.5. The van der Waals surface area contributed by atoms with Gasteiger partial charge >= 0.3 is 0 Å². The third kappa shape index (κ3) is 3.28. The smallest absolute Gasteiger partial charge is 0.124 e. The summed E-state index contributed by atoms with van der Waals surface area (Å²) in [5.74, 6) is 0.903. The lowest BCUT2D eigenvalue weighted by atomic mass is 9.77. The minimum absolute atomic E-state index is 0.0498. The zero-order valence-corrected chi connectivity index (χ0v) is 12.0. The van der Waals surface area contributed by atoms with Crippen LogP contribution in [0.4, 0.5) is 0 Å². The lowest BCUT2D eigenvalue weighted by Crippen LogP contribution is -2.29. The molecule has 1 aromatic rings. The molecule has 3 heteroatoms. The lowest BCUT2D eigenvalue weighted by Gasteiger charge is -2.32. The van der Waals surface area contributed by atoms with Gasteiger partial charge in [0.05, 0.1) is 6.61 Å². The Morgan fingerprint density at radius 2 is 1.89 bits per heavy atom. The van der Waals surface area contributed by atoms with Crippen molar-refractivity contribution >= 4 is 0 Å². The Morgan fingerprint density at radius 3 is 2.58 bits per heavy atom. The van der Waals surface area contributed by atoms with Gasteiger partial charge in [-0.3, -0.25) is 0 Å². The zero-order valence-electron chi connectivity index (χ0n) is 12.0. The van der Waals surface area contributed by atoms with Gasteiger partial charge in [0.2, 0.25) is 0 Å². The van der Waals surface area contributed by atoms with Crippen LogP contribution in [0.3, 0.4) is 0 Å². The maximum atomic E-state index is 6.53. The first-order valence-corrected chi connectivity index (χ1v) is 7.13. The second-order valence-electron chi connectivity index (χ2n) is 5.72. The van der Waals surface area contributed by atoms with Crippen LogP contribution in [0.25, 0.3) is 0 Å². The third-order valence-electron chi connectivity index (χ3n) is 4.30. The number of hydrogen-bond acceptors (Lipinski definition) is 3. The Balaban J connectivity index is 2.14. The summed E-state index contributed by atoms with van der Waals surface area (Å²) in [6.45, 7) is 3.47. The molecule has 106 valence electrons. The van der Waals surface area contributed by atoms with Crippen molar-refractivity contribution in [2.75, 3.05) is 20.3 Å². The van der Waals surface area contributed by atoms with Gasteiger partial charge in [0.25, 0.3) is 0 Å². The molecule has 0 radical (unpaired) electrons. The second-order valence-corrected chi connectivity index (χ2v) is 5.72. The van der Waals surface area contributed by atoms with Gasteiger partial charge in [-0.2, -0.15) is 0 Å². The second kappa shape index (κ2) is 6.40. The summed E-state index contributed by atoms with van der Waals surface area (Å²) < 4.78 is 10.8. The molecule has 0 amide bonds. The zero-order chi connectivity index (χ0) is 13.7. The van der Waals surface area contributed by atoms with Crippen LogP contribution < -0.4 is 10.5 Å². The fourth-order valence-corrected chi connectivity index (χ4v) is 2.97. The summed E-state index contributed by atoms with van der Waals surface area (Å²) in [7, 11) is 1.68. The summed E-state index contributed by atoms with van der Waals surface area (Å²) in [5, 5.41) is 0. The van der Waals surface area contributed by atoms with Crippen LogP contribution >= 0.6 is 0 Å². The first-order valence-electron chi connectivity index (χ1n) is 7.13. The van der Waals surface area contributed by atoms with Crippen LogP contribution in [-0.2, 0) is 4.74 Å². The molecule has 1 unspecified atom stereocenters. The van der Waals surface area contributed by atoms with Crippen molar-refractivity contribution in [3.63, 3.8) is 0 Å². The Bertz CT molecular complexity index is 399. The Labute approximate surface area is 116 Å². The monoisotopic (exact) mass is 263 g/mol. The van der Waals surface area contributed by atoms with Gasteiger partial charge in [-0.25, -0.2) is 0 Å². The molecule has 0 saturated heterocycles. The van der Waals surface area contributed by atoms with Crippen LogP contribution in [0.2, 0.25) is 0 Å². The van der Waals surface area contributed by atoms with E-state index in [9.17, 15) is 0 Å². The normalized spacial score (nSPS) is 19.3. The van der Waals surface area contributed by atoms with E-state index >= 15 is 0 Å². The minimum atomic E-state index is 0.0498. The minimum Gasteiger partial charge on any atom is -0.491 e. The van der Waals surface area contributed by atoms with Crippen molar-refractivity contribution in [3.8, 4) is 5.75 Å². The topological polar surface area (TPSA) is 44.5 Å². The van der Waals surface area contributed by atoms with Crippen molar-refractivity contribution < 1.29 is 9.47 Å². The molecule has 0 spiro atoms. The third-order valence-corrected chi connectivity index (χ3v) is 4.30. The predicted molar refractivity (Wildman–Crippen MR) is 77.3 cm³/mol. The molecule has 0 bridgehead atoms. The lowest BCUT2D eigenvalue weighted by molar-refractivity contribution is 0.144. The van der Waals surface area contributed by atoms with Crippen molar-refractivity contribution in [3.05, 3.63) is 29.8 Å². The summed E-state index contributed by atoms with van der Waals surface area (Å²) in [5.41, 5.74) is 7.87. The van der Waals surface area contributed by atoms with E-state index in [0.717, 1.165) is 11.3 Å². The van der Waals surface area contributed by atoms with Crippen molar-refractivity contribution in [2.24, 2.45) is 11.1 Å². The Hall–Kier alpha value is -1.06. The van der Waals surface area contributed by atoms with Crippen LogP contribution in [-0.4, -0.2) is 20.3 Å². The standard InChI is InChI=1S/C16H25NO2/c1-16(9-5-6-10-16)15(17)13-7-3-4-8-14(13)19-12-11-18-2/h3-4,7-8,15H,5-6,9-12,17H2,1-2H3. The van der Waals surface area contributed by atoms with Crippen molar-refractivity contribution in [1.82, 2.24) is 0 Å². The maximum absolute atomic E-state index is 6.53. The van der Waals surface area contributed by atoms with Crippen LogP contribution in [0, 0.1) is 5.41 Å². The van der Waals surface area contributed by atoms with Crippen LogP contribution in [0.15, 0.2) is 24.3 Å². The molecule has 0 heterocycles. The van der Waals surface area contributed by atoms with E-state index in [1.165, 1.54) is 25.7 Å². The highest BCUT2D eigenvalue weighted by Gasteiger charge is 2.36. The van der Waals surface area contributed by atoms with Crippen LogP contribution in [0.5, 0.6) is 5.75 Å². The number of benzene rings is 1. The first-order chi connectivity index (χ1) is 9.17. The van der Waals surface area contributed by atoms with E-state index in [1.807, 2.05) is 18.2 Å². The van der Waals surface area contributed by atoms with E-state index in [1.54, 1.807) is 7.11 Å². The number of hydrogen-bond donors (Lipinski definition) is 1. The molecular weight excluding hydrogens is 238 g/mol. The molecule has 1 saturated carbocycles. The van der Waals surface area contributed by atoms with E-state index in [-0.39, 0.29) is 11.5 Å². The highest BCUT2D eigenvalue weighted by molar-refractivity contribution is 5.37. The fraction of sp³-hybridized carbons (Fsp3) is 0.625. The van der Waals surface area contributed by atoms with Gasteiger partial charge in [0.1, 0.15) is 12.4 Å². The van der Waals surface area contributed by atoms with Crippen molar-refractivity contribution in [1.29, 1.82) is 0 Å². The molecule has 0 aliphatic heterocycles. The molecule has 2 N–H and O–H groups in total. The molecule has 0 aromatic heterocycles. The molecule has 1 aliphatic rings. The largest absolute Gasteiger partial charge is 0.491 e. The number of methoxy groups -OCH3 is 1. The Morgan fingerprint density at radius 1 is 1.21 bits per heavy atom. The number of ether oxygens (including phenoxy) is 2. The average Bonchev–Trinajstić information content (AvgIpc) is 2.87. The molecule has 1 atom stereocenters. The summed E-state index contributed by atoms with van der Waals surface area (Å²) in [4.78, 5) is 0. The quantitative estimate of drug-likeness (QED) is 0.801. The van der Waals surface area contributed by atoms with E-state index < -0.39 is 0 Å². The molecule has 1 aliphatic carbocycles. The molecule has 1 fully saturated rings. The van der Waals surface area contributed by atoms with Gasteiger partial charge in [-0.1, -0.05) is 38.0 Å². The predicted octanol–water partition coefficient (Wildman–Crippen LogP) is 3.29. The summed E-state index contributed by atoms with van der Waals surface area (Å²) in [6.07, 6.45) is 4.99. The van der Waals surface area contributed by atoms with E-state index in [4.69, 9.17) is 15.2 Å². The van der Waals surface area contributed by atoms with E-state index in [2.05, 4.69) is 13.0 Å². The number of rotatable bonds is 6. The SMILES string of the molecule is COCCOc1ccccc1C(N)C1(C)CCCC1. The fourth-order valence-electron chi connectivity index (χ4n) is 2.97. The molecule has 1 aromatic carbocycles. The number of nitrogens with two attached hydrogens (primary N) is 1. The summed E-state index contributed by atoms with van der Waals surface area (Å²) >= 11 is 0. The van der Waals surface area contributed by atoms with Gasteiger partial charge < -0.3 is 15.2 Å².